The van der Waals surface area contributed by atoms with Crippen molar-refractivity contribution >= 4 is 23.2 Å². The first kappa shape index (κ1) is 17.4. The van der Waals surface area contributed by atoms with E-state index >= 15 is 0 Å². The minimum atomic E-state index is -0.00754. The zero-order chi connectivity index (χ0) is 18.8. The Morgan fingerprint density at radius 1 is 1.22 bits per heavy atom. The maximum Gasteiger partial charge on any atom is 0.260 e. The third kappa shape index (κ3) is 3.89. The van der Waals surface area contributed by atoms with Crippen LogP contribution in [0.3, 0.4) is 0 Å². The van der Waals surface area contributed by atoms with Crippen molar-refractivity contribution in [3.63, 3.8) is 0 Å². The molecule has 0 unspecified atom stereocenters. The summed E-state index contributed by atoms with van der Waals surface area (Å²) in [7, 11) is 1.90. The van der Waals surface area contributed by atoms with E-state index in [1.165, 1.54) is 0 Å². The van der Waals surface area contributed by atoms with Gasteiger partial charge in [-0.1, -0.05) is 0 Å². The minimum absolute atomic E-state index is 0.00754. The number of carbonyl (C=O) groups excluding carboxylic acids is 2. The Labute approximate surface area is 157 Å². The van der Waals surface area contributed by atoms with E-state index in [2.05, 4.69) is 15.3 Å². The van der Waals surface area contributed by atoms with Crippen LogP contribution in [0, 0.1) is 0 Å². The first-order valence-electron chi connectivity index (χ1n) is 9.15. The van der Waals surface area contributed by atoms with Crippen molar-refractivity contribution in [3.8, 4) is 5.75 Å². The molecule has 8 heteroatoms. The summed E-state index contributed by atoms with van der Waals surface area (Å²) in [6.45, 7) is 2.95. The number of ether oxygens (including phenoxy) is 1. The Kier molecular flexibility index (Phi) is 4.70. The Morgan fingerprint density at radius 2 is 2.04 bits per heavy atom. The van der Waals surface area contributed by atoms with Crippen LogP contribution < -0.4 is 15.0 Å². The molecule has 8 nitrogen and oxygen atoms in total. The highest BCUT2D eigenvalue weighted by atomic mass is 16.5. The predicted octanol–water partition coefficient (Wildman–Crippen LogP) is 1.03. The number of nitrogens with zero attached hydrogens (tertiary/aromatic N) is 4. The molecule has 1 aromatic heterocycles. The van der Waals surface area contributed by atoms with E-state index in [4.69, 9.17) is 4.74 Å². The summed E-state index contributed by atoms with van der Waals surface area (Å²) in [6.07, 6.45) is 5.01. The molecule has 27 heavy (non-hydrogen) atoms. The van der Waals surface area contributed by atoms with E-state index in [0.29, 0.717) is 31.7 Å². The molecule has 0 aliphatic carbocycles. The fourth-order valence-electron chi connectivity index (χ4n) is 3.47. The number of amides is 2. The highest BCUT2D eigenvalue weighted by molar-refractivity contribution is 5.94. The zero-order valence-corrected chi connectivity index (χ0v) is 15.4. The van der Waals surface area contributed by atoms with Gasteiger partial charge in [-0.15, -0.1) is 0 Å². The number of fused-ring (bicyclic) bond motifs is 1. The summed E-state index contributed by atoms with van der Waals surface area (Å²) in [5, 5.41) is 7.04. The monoisotopic (exact) mass is 369 g/mol. The molecule has 1 N–H and O–H groups in total. The first-order chi connectivity index (χ1) is 13.1. The molecule has 2 aromatic rings. The normalized spacial score (nSPS) is 16.7. The van der Waals surface area contributed by atoms with Gasteiger partial charge in [-0.3, -0.25) is 14.3 Å². The molecule has 0 spiro atoms. The van der Waals surface area contributed by atoms with Crippen LogP contribution in [0.5, 0.6) is 5.75 Å². The van der Waals surface area contributed by atoms with E-state index < -0.39 is 0 Å². The van der Waals surface area contributed by atoms with Crippen LogP contribution in [-0.4, -0.2) is 59.3 Å². The van der Waals surface area contributed by atoms with Crippen molar-refractivity contribution in [2.24, 2.45) is 7.05 Å². The molecule has 2 aliphatic heterocycles. The second-order valence-corrected chi connectivity index (χ2v) is 6.90. The lowest BCUT2D eigenvalue weighted by Crippen LogP contribution is -2.50. The van der Waals surface area contributed by atoms with Crippen molar-refractivity contribution in [2.75, 3.05) is 43.0 Å². The molecule has 142 valence electrons. The summed E-state index contributed by atoms with van der Waals surface area (Å²) in [6, 6.07) is 5.53. The van der Waals surface area contributed by atoms with Gasteiger partial charge in [-0.25, -0.2) is 0 Å². The summed E-state index contributed by atoms with van der Waals surface area (Å²) in [5.74, 6) is 0.691. The van der Waals surface area contributed by atoms with Crippen LogP contribution in [0.15, 0.2) is 30.6 Å². The summed E-state index contributed by atoms with van der Waals surface area (Å²) in [4.78, 5) is 27.9. The fraction of sp³-hybridized carbons (Fsp3) is 0.421. The Balaban J connectivity index is 1.28. The van der Waals surface area contributed by atoms with Gasteiger partial charge in [0.15, 0.2) is 6.61 Å². The largest absolute Gasteiger partial charge is 0.484 e. The zero-order valence-electron chi connectivity index (χ0n) is 15.4. The minimum Gasteiger partial charge on any atom is -0.484 e. The van der Waals surface area contributed by atoms with Crippen LogP contribution in [-0.2, 0) is 23.1 Å². The maximum absolute atomic E-state index is 12.5. The average Bonchev–Trinajstić information content (AvgIpc) is 3.12. The second-order valence-electron chi connectivity index (χ2n) is 6.90. The van der Waals surface area contributed by atoms with Crippen molar-refractivity contribution in [1.82, 2.24) is 14.7 Å². The summed E-state index contributed by atoms with van der Waals surface area (Å²) < 4.78 is 7.48. The molecule has 1 aromatic carbocycles. The van der Waals surface area contributed by atoms with Crippen LogP contribution in [0.2, 0.25) is 0 Å². The van der Waals surface area contributed by atoms with Gasteiger partial charge in [0, 0.05) is 51.5 Å². The SMILES string of the molecule is Cn1cc(N2CCN(C(=O)COc3ccc4c(c3)CCC(=O)N4)CC2)cn1. The average molecular weight is 369 g/mol. The topological polar surface area (TPSA) is 79.7 Å². The van der Waals surface area contributed by atoms with Gasteiger partial charge in [0.25, 0.3) is 5.91 Å². The van der Waals surface area contributed by atoms with Gasteiger partial charge < -0.3 is 19.9 Å². The molecule has 4 rings (SSSR count). The Morgan fingerprint density at radius 3 is 2.78 bits per heavy atom. The van der Waals surface area contributed by atoms with Crippen molar-refractivity contribution in [3.05, 3.63) is 36.2 Å². The summed E-state index contributed by atoms with van der Waals surface area (Å²) in [5.41, 5.74) is 2.96. The highest BCUT2D eigenvalue weighted by Crippen LogP contribution is 2.26. The van der Waals surface area contributed by atoms with E-state index in [1.54, 1.807) is 10.7 Å². The lowest BCUT2D eigenvalue weighted by molar-refractivity contribution is -0.133. The number of anilines is 2. The van der Waals surface area contributed by atoms with Crippen molar-refractivity contribution in [2.45, 2.75) is 12.8 Å². The molecule has 3 heterocycles. The number of carbonyl (C=O) groups is 2. The van der Waals surface area contributed by atoms with Crippen LogP contribution in [0.1, 0.15) is 12.0 Å². The van der Waals surface area contributed by atoms with Crippen molar-refractivity contribution in [1.29, 1.82) is 0 Å². The first-order valence-corrected chi connectivity index (χ1v) is 9.15. The van der Waals surface area contributed by atoms with Gasteiger partial charge in [0.05, 0.1) is 11.9 Å². The van der Waals surface area contributed by atoms with Gasteiger partial charge in [-0.2, -0.15) is 5.10 Å². The smallest absolute Gasteiger partial charge is 0.260 e. The number of aromatic nitrogens is 2. The fourth-order valence-corrected chi connectivity index (χ4v) is 3.47. The lowest BCUT2D eigenvalue weighted by Gasteiger charge is -2.35. The third-order valence-corrected chi connectivity index (χ3v) is 5.02. The number of piperazine rings is 1. The molecule has 2 aliphatic rings. The number of rotatable bonds is 4. The molecular weight excluding hydrogens is 346 g/mol. The number of hydrogen-bond acceptors (Lipinski definition) is 5. The molecule has 0 radical (unpaired) electrons. The molecule has 1 fully saturated rings. The predicted molar refractivity (Wildman–Crippen MR) is 101 cm³/mol. The Hall–Kier alpha value is -3.03. The summed E-state index contributed by atoms with van der Waals surface area (Å²) >= 11 is 0. The van der Waals surface area contributed by atoms with E-state index in [9.17, 15) is 9.59 Å². The van der Waals surface area contributed by atoms with Gasteiger partial charge in [-0.05, 0) is 30.2 Å². The van der Waals surface area contributed by atoms with Gasteiger partial charge >= 0.3 is 0 Å². The van der Waals surface area contributed by atoms with Gasteiger partial charge in [0.2, 0.25) is 5.91 Å². The van der Waals surface area contributed by atoms with E-state index in [-0.39, 0.29) is 18.4 Å². The highest BCUT2D eigenvalue weighted by Gasteiger charge is 2.22. The molecule has 0 bridgehead atoms. The van der Waals surface area contributed by atoms with Crippen LogP contribution in [0.25, 0.3) is 0 Å². The quantitative estimate of drug-likeness (QED) is 0.871. The van der Waals surface area contributed by atoms with Crippen LogP contribution >= 0.6 is 0 Å². The van der Waals surface area contributed by atoms with E-state index in [1.807, 2.05) is 36.5 Å². The van der Waals surface area contributed by atoms with Crippen LogP contribution in [0.4, 0.5) is 11.4 Å². The Bertz CT molecular complexity index is 855. The number of hydrogen-bond donors (Lipinski definition) is 1. The second kappa shape index (κ2) is 7.30. The number of aryl methyl sites for hydroxylation is 2. The molecule has 2 amide bonds. The maximum atomic E-state index is 12.5. The molecule has 1 saturated heterocycles. The standard InChI is InChI=1S/C19H23N5O3/c1-22-12-15(11-20-22)23-6-8-24(9-7-23)19(26)13-27-16-3-4-17-14(10-16)2-5-18(25)21-17/h3-4,10-12H,2,5-9,13H2,1H3,(H,21,25). The van der Waals surface area contributed by atoms with E-state index in [0.717, 1.165) is 30.0 Å². The molecule has 0 saturated carbocycles. The van der Waals surface area contributed by atoms with Gasteiger partial charge in [0.1, 0.15) is 5.75 Å². The number of nitrogens with one attached hydrogen (secondary N) is 1. The lowest BCUT2D eigenvalue weighted by atomic mass is 10.0. The number of benzene rings is 1. The third-order valence-electron chi connectivity index (χ3n) is 5.02. The van der Waals surface area contributed by atoms with Crippen molar-refractivity contribution < 1.29 is 14.3 Å². The molecular formula is C19H23N5O3. The molecule has 0 atom stereocenters.